The van der Waals surface area contributed by atoms with Crippen molar-refractivity contribution in [2.24, 2.45) is 5.41 Å². The average molecular weight is 845 g/mol. The van der Waals surface area contributed by atoms with Crippen LogP contribution >= 0.6 is 11.8 Å². The number of nitro benzene ring substituents is 1. The average Bonchev–Trinajstić information content (AvgIpc) is 3.22. The molecular weight excluding hydrogens is 785 g/mol. The van der Waals surface area contributed by atoms with E-state index in [0.717, 1.165) is 101 Å². The monoisotopic (exact) mass is 844 g/mol. The SMILES string of the molecule is C=C(C)CCC1=C(CN2CCN(c3ccc(C(=O)NS(=O)(=O)c4ccc(N[C@H](CCN5CCOCC5)CSc5ccccc5)c([N+](=O)[O-])c4)cc3)CC2)CCC(C)(C)C1. The zero-order valence-electron chi connectivity index (χ0n) is 34.8. The Morgan fingerprint density at radius 1 is 0.966 bits per heavy atom. The highest BCUT2D eigenvalue weighted by atomic mass is 32.2. The second kappa shape index (κ2) is 20.4. The Kier molecular flexibility index (Phi) is 15.3. The summed E-state index contributed by atoms with van der Waals surface area (Å²) in [7, 11) is -4.43. The van der Waals surface area contributed by atoms with E-state index in [4.69, 9.17) is 4.74 Å². The molecule has 2 fully saturated rings. The molecule has 1 amide bonds. The smallest absolute Gasteiger partial charge is 0.293 e. The third kappa shape index (κ3) is 12.9. The lowest BCUT2D eigenvalue weighted by molar-refractivity contribution is -0.384. The van der Waals surface area contributed by atoms with E-state index in [-0.39, 0.29) is 27.9 Å². The van der Waals surface area contributed by atoms with Crippen molar-refractivity contribution in [1.29, 1.82) is 0 Å². The zero-order chi connectivity index (χ0) is 42.0. The Labute approximate surface area is 354 Å². The quantitative estimate of drug-likeness (QED) is 0.0558. The molecule has 59 heavy (non-hydrogen) atoms. The van der Waals surface area contributed by atoms with Crippen LogP contribution in [0.3, 0.4) is 0 Å². The van der Waals surface area contributed by atoms with Crippen molar-refractivity contribution in [3.05, 3.63) is 112 Å². The molecule has 0 saturated carbocycles. The summed E-state index contributed by atoms with van der Waals surface area (Å²) in [6.07, 6.45) is 6.40. The minimum absolute atomic E-state index is 0.146. The van der Waals surface area contributed by atoms with Crippen LogP contribution < -0.4 is 14.9 Å². The van der Waals surface area contributed by atoms with Crippen molar-refractivity contribution in [3.8, 4) is 0 Å². The first-order chi connectivity index (χ1) is 28.2. The predicted molar refractivity (Wildman–Crippen MR) is 238 cm³/mol. The van der Waals surface area contributed by atoms with Crippen LogP contribution in [0.1, 0.15) is 69.7 Å². The molecule has 0 unspecified atom stereocenters. The van der Waals surface area contributed by atoms with Crippen LogP contribution in [0.25, 0.3) is 0 Å². The number of carbonyl (C=O) groups excluding carboxylic acids is 1. The van der Waals surface area contributed by atoms with Crippen molar-refractivity contribution < 1.29 is 22.9 Å². The van der Waals surface area contributed by atoms with Gasteiger partial charge in [0.2, 0.25) is 0 Å². The number of nitrogens with one attached hydrogen (secondary N) is 2. The number of carbonyl (C=O) groups is 1. The topological polar surface area (TPSA) is 137 Å². The molecular formula is C45H60N6O6S2. The Hall–Kier alpha value is -4.21. The van der Waals surface area contributed by atoms with Crippen molar-refractivity contribution >= 4 is 44.8 Å². The van der Waals surface area contributed by atoms with E-state index in [9.17, 15) is 23.3 Å². The molecule has 318 valence electrons. The van der Waals surface area contributed by atoms with Crippen LogP contribution in [0.15, 0.2) is 106 Å². The lowest BCUT2D eigenvalue weighted by Gasteiger charge is -2.39. The molecule has 0 aromatic heterocycles. The van der Waals surface area contributed by atoms with Gasteiger partial charge in [0.15, 0.2) is 0 Å². The van der Waals surface area contributed by atoms with Crippen LogP contribution in [0.5, 0.6) is 0 Å². The fourth-order valence-electron chi connectivity index (χ4n) is 8.02. The minimum atomic E-state index is -4.43. The van der Waals surface area contributed by atoms with Crippen LogP contribution in [-0.2, 0) is 14.8 Å². The second-order valence-electron chi connectivity index (χ2n) is 16.9. The second-order valence-corrected chi connectivity index (χ2v) is 19.7. The van der Waals surface area contributed by atoms with Gasteiger partial charge >= 0.3 is 0 Å². The Bertz CT molecular complexity index is 2060. The number of ether oxygens (including phenoxy) is 1. The summed E-state index contributed by atoms with van der Waals surface area (Å²) in [4.78, 5) is 32.8. The Morgan fingerprint density at radius 3 is 2.36 bits per heavy atom. The van der Waals surface area contributed by atoms with E-state index in [1.165, 1.54) is 24.1 Å². The first kappa shape index (κ1) is 44.3. The van der Waals surface area contributed by atoms with E-state index in [0.29, 0.717) is 24.4 Å². The number of piperazine rings is 1. The van der Waals surface area contributed by atoms with E-state index in [1.807, 2.05) is 42.5 Å². The van der Waals surface area contributed by atoms with Crippen molar-refractivity contribution in [3.63, 3.8) is 0 Å². The number of rotatable bonds is 18. The molecule has 3 aromatic carbocycles. The van der Waals surface area contributed by atoms with Gasteiger partial charge in [-0.05, 0) is 99.4 Å². The summed E-state index contributed by atoms with van der Waals surface area (Å²) >= 11 is 1.65. The molecule has 6 rings (SSSR count). The number of thioether (sulfide) groups is 1. The van der Waals surface area contributed by atoms with Gasteiger partial charge in [0.05, 0.1) is 23.0 Å². The third-order valence-corrected chi connectivity index (χ3v) is 14.1. The maximum absolute atomic E-state index is 13.5. The largest absolute Gasteiger partial charge is 0.379 e. The molecule has 3 aliphatic rings. The van der Waals surface area contributed by atoms with Gasteiger partial charge in [-0.3, -0.25) is 24.7 Å². The summed E-state index contributed by atoms with van der Waals surface area (Å²) < 4.78 is 34.5. The number of hydrogen-bond acceptors (Lipinski definition) is 11. The highest BCUT2D eigenvalue weighted by molar-refractivity contribution is 7.99. The van der Waals surface area contributed by atoms with E-state index < -0.39 is 20.9 Å². The summed E-state index contributed by atoms with van der Waals surface area (Å²) in [5, 5.41) is 15.6. The predicted octanol–water partition coefficient (Wildman–Crippen LogP) is 7.99. The summed E-state index contributed by atoms with van der Waals surface area (Å²) in [5.74, 6) is -0.163. The number of benzene rings is 3. The number of nitro groups is 1. The van der Waals surface area contributed by atoms with Gasteiger partial charge in [-0.25, -0.2) is 13.1 Å². The molecule has 1 aliphatic carbocycles. The van der Waals surface area contributed by atoms with Gasteiger partial charge in [-0.1, -0.05) is 48.8 Å². The minimum Gasteiger partial charge on any atom is -0.379 e. The molecule has 12 nitrogen and oxygen atoms in total. The van der Waals surface area contributed by atoms with Crippen molar-refractivity contribution in [2.75, 3.05) is 81.5 Å². The normalized spacial score (nSPS) is 18.3. The lowest BCUT2D eigenvalue weighted by Crippen LogP contribution is -2.47. The number of anilines is 2. The van der Waals surface area contributed by atoms with Gasteiger partial charge in [-0.2, -0.15) is 0 Å². The summed E-state index contributed by atoms with van der Waals surface area (Å²) in [6.45, 7) is 19.4. The summed E-state index contributed by atoms with van der Waals surface area (Å²) in [6, 6.07) is 20.4. The van der Waals surface area contributed by atoms with Gasteiger partial charge < -0.3 is 15.0 Å². The third-order valence-electron chi connectivity index (χ3n) is 11.6. The summed E-state index contributed by atoms with van der Waals surface area (Å²) in [5.41, 5.74) is 5.78. The van der Waals surface area contributed by atoms with Gasteiger partial charge in [0.25, 0.3) is 21.6 Å². The van der Waals surface area contributed by atoms with Crippen LogP contribution in [0, 0.1) is 15.5 Å². The number of morpholine rings is 1. The molecule has 3 aromatic rings. The number of nitrogens with zero attached hydrogens (tertiary/aromatic N) is 4. The molecule has 2 N–H and O–H groups in total. The molecule has 0 spiro atoms. The molecule has 0 bridgehead atoms. The van der Waals surface area contributed by atoms with Crippen molar-refractivity contribution in [2.45, 2.75) is 75.1 Å². The van der Waals surface area contributed by atoms with Gasteiger partial charge in [0, 0.05) is 86.4 Å². The van der Waals surface area contributed by atoms with Crippen LogP contribution in [0.4, 0.5) is 17.1 Å². The van der Waals surface area contributed by atoms with E-state index in [2.05, 4.69) is 52.1 Å². The first-order valence-electron chi connectivity index (χ1n) is 20.8. The Morgan fingerprint density at radius 2 is 1.68 bits per heavy atom. The molecule has 14 heteroatoms. The van der Waals surface area contributed by atoms with Crippen LogP contribution in [0.2, 0.25) is 0 Å². The highest BCUT2D eigenvalue weighted by Crippen LogP contribution is 2.41. The van der Waals surface area contributed by atoms with Gasteiger partial charge in [-0.15, -0.1) is 18.3 Å². The lowest BCUT2D eigenvalue weighted by atomic mass is 9.73. The molecule has 2 heterocycles. The maximum Gasteiger partial charge on any atom is 0.293 e. The standard InChI is InChI=1S/C45H60N6O6S2/c1-34(2)10-11-36-31-45(3,4)20-18-37(36)32-49-22-24-50(25-23-49)39-14-12-35(13-15-39)44(52)47-59(55,56)41-16-17-42(43(30-41)51(53)54)46-38(19-21-48-26-28-57-29-27-48)33-58-40-8-6-5-7-9-40/h5-9,12-17,30,38,46H,1,10-11,18-29,31-33H2,2-4H3,(H,47,52)/t38-/m1/s1. The molecule has 1 atom stereocenters. The fourth-order valence-corrected chi connectivity index (χ4v) is 10.0. The number of sulfonamides is 1. The van der Waals surface area contributed by atoms with E-state index in [1.54, 1.807) is 35.0 Å². The Balaban J connectivity index is 1.05. The first-order valence-corrected chi connectivity index (χ1v) is 23.2. The van der Waals surface area contributed by atoms with Gasteiger partial charge in [0.1, 0.15) is 5.69 Å². The van der Waals surface area contributed by atoms with Crippen molar-refractivity contribution in [1.82, 2.24) is 14.5 Å². The number of allylic oxidation sites excluding steroid dienone is 2. The molecule has 2 aliphatic heterocycles. The van der Waals surface area contributed by atoms with Crippen LogP contribution in [-0.4, -0.2) is 106 Å². The number of amides is 1. The number of hydrogen-bond donors (Lipinski definition) is 2. The fraction of sp³-hybridized carbons (Fsp3) is 0.489. The maximum atomic E-state index is 13.5. The molecule has 2 saturated heterocycles. The zero-order valence-corrected chi connectivity index (χ0v) is 36.4. The highest BCUT2D eigenvalue weighted by Gasteiger charge is 2.29. The van der Waals surface area contributed by atoms with E-state index >= 15 is 0 Å². The molecule has 0 radical (unpaired) electrons.